The maximum absolute atomic E-state index is 10.5. The van der Waals surface area contributed by atoms with Crippen LogP contribution in [0.3, 0.4) is 0 Å². The van der Waals surface area contributed by atoms with Crippen LogP contribution in [0.1, 0.15) is 11.7 Å². The van der Waals surface area contributed by atoms with E-state index in [9.17, 15) is 15.0 Å². The number of nitrogens with zero attached hydrogens (tertiary/aromatic N) is 1. The number of thiocarbonyl (C=S) groups is 1. The second-order valence-corrected chi connectivity index (χ2v) is 3.17. The Morgan fingerprint density at radius 1 is 1.38 bits per heavy atom. The van der Waals surface area contributed by atoms with Gasteiger partial charge in [0.05, 0.1) is 10.8 Å². The molecule has 0 saturated heterocycles. The zero-order chi connectivity index (χ0) is 12.1. The molecule has 0 fully saturated rings. The largest absolute Gasteiger partial charge is 0.479 e. The van der Waals surface area contributed by atoms with E-state index in [1.165, 1.54) is 12.1 Å². The molecule has 16 heavy (non-hydrogen) atoms. The maximum Gasteiger partial charge on any atom is 0.335 e. The van der Waals surface area contributed by atoms with Crippen molar-refractivity contribution >= 4 is 29.0 Å². The molecule has 2 unspecified atom stereocenters. The van der Waals surface area contributed by atoms with E-state index in [0.717, 1.165) is 0 Å². The molecule has 0 aliphatic carbocycles. The predicted molar refractivity (Wildman–Crippen MR) is 59.7 cm³/mol. The van der Waals surface area contributed by atoms with Crippen LogP contribution in [0.25, 0.3) is 0 Å². The second kappa shape index (κ2) is 5.48. The minimum atomic E-state index is -1.90. The molecule has 1 aromatic rings. The monoisotopic (exact) mass is 239 g/mol. The van der Waals surface area contributed by atoms with Crippen LogP contribution in [0.5, 0.6) is 0 Å². The molecule has 5 nitrogen and oxygen atoms in total. The van der Waals surface area contributed by atoms with Gasteiger partial charge in [0.15, 0.2) is 6.10 Å². The van der Waals surface area contributed by atoms with Crippen LogP contribution >= 0.6 is 12.2 Å². The predicted octanol–water partition coefficient (Wildman–Crippen LogP) is 0.900. The molecule has 0 amide bonds. The first-order valence-corrected chi connectivity index (χ1v) is 4.74. The smallest absolute Gasteiger partial charge is 0.335 e. The number of carboxylic acid groups (broad SMARTS) is 1. The summed E-state index contributed by atoms with van der Waals surface area (Å²) in [6.45, 7) is 0. The highest BCUT2D eigenvalue weighted by atomic mass is 32.1. The molecule has 2 atom stereocenters. The number of hydrogen-bond acceptors (Lipinski definition) is 5. The SMILES string of the molecule is O=C(O)C(O)C(O)c1ccccc1N=C=S. The molecule has 0 saturated carbocycles. The van der Waals surface area contributed by atoms with Gasteiger partial charge in [-0.3, -0.25) is 0 Å². The van der Waals surface area contributed by atoms with Crippen LogP contribution in [0, 0.1) is 0 Å². The van der Waals surface area contributed by atoms with Crippen molar-refractivity contribution in [1.82, 2.24) is 0 Å². The van der Waals surface area contributed by atoms with E-state index in [1.54, 1.807) is 12.1 Å². The van der Waals surface area contributed by atoms with Crippen molar-refractivity contribution in [3.05, 3.63) is 29.8 Å². The Hall–Kier alpha value is -1.59. The Bertz CT molecular complexity index is 442. The lowest BCUT2D eigenvalue weighted by Gasteiger charge is -2.15. The van der Waals surface area contributed by atoms with E-state index in [1.807, 2.05) is 0 Å². The Morgan fingerprint density at radius 3 is 2.56 bits per heavy atom. The molecule has 84 valence electrons. The fourth-order valence-corrected chi connectivity index (χ4v) is 1.29. The lowest BCUT2D eigenvalue weighted by atomic mass is 10.0. The zero-order valence-corrected chi connectivity index (χ0v) is 8.89. The number of hydrogen-bond donors (Lipinski definition) is 3. The van der Waals surface area contributed by atoms with Gasteiger partial charge in [0.2, 0.25) is 0 Å². The van der Waals surface area contributed by atoms with Crippen molar-refractivity contribution in [3.8, 4) is 0 Å². The van der Waals surface area contributed by atoms with E-state index in [0.29, 0.717) is 0 Å². The average Bonchev–Trinajstić information content (AvgIpc) is 2.28. The fraction of sp³-hybridized carbons (Fsp3) is 0.200. The van der Waals surface area contributed by atoms with E-state index < -0.39 is 18.2 Å². The Balaban J connectivity index is 3.12. The fourth-order valence-electron chi connectivity index (χ4n) is 1.19. The molecule has 0 radical (unpaired) electrons. The van der Waals surface area contributed by atoms with E-state index in [2.05, 4.69) is 22.4 Å². The van der Waals surface area contributed by atoms with Gasteiger partial charge in [-0.05, 0) is 18.3 Å². The first-order valence-electron chi connectivity index (χ1n) is 4.33. The highest BCUT2D eigenvalue weighted by Crippen LogP contribution is 2.27. The summed E-state index contributed by atoms with van der Waals surface area (Å²) in [4.78, 5) is 14.2. The minimum Gasteiger partial charge on any atom is -0.479 e. The number of carbonyl (C=O) groups is 1. The molecule has 0 bridgehead atoms. The standard InChI is InChI=1S/C10H9NO4S/c12-8(9(13)10(14)15)6-3-1-2-4-7(6)11-5-16/h1-4,8-9,12-13H,(H,14,15). The molecule has 0 heterocycles. The van der Waals surface area contributed by atoms with Crippen molar-refractivity contribution in [1.29, 1.82) is 0 Å². The van der Waals surface area contributed by atoms with Crippen LogP contribution < -0.4 is 0 Å². The van der Waals surface area contributed by atoms with Crippen LogP contribution in [-0.2, 0) is 4.79 Å². The third-order valence-corrected chi connectivity index (χ3v) is 2.06. The van der Waals surface area contributed by atoms with Crippen molar-refractivity contribution in [2.75, 3.05) is 0 Å². The lowest BCUT2D eigenvalue weighted by molar-refractivity contribution is -0.153. The Morgan fingerprint density at radius 2 is 2.00 bits per heavy atom. The van der Waals surface area contributed by atoms with E-state index in [4.69, 9.17) is 5.11 Å². The minimum absolute atomic E-state index is 0.190. The quantitative estimate of drug-likeness (QED) is 0.536. The lowest BCUT2D eigenvalue weighted by Crippen LogP contribution is -2.27. The summed E-state index contributed by atoms with van der Waals surface area (Å²) in [7, 11) is 0. The van der Waals surface area contributed by atoms with Crippen LogP contribution in [-0.4, -0.2) is 32.6 Å². The van der Waals surface area contributed by atoms with Crippen molar-refractivity contribution in [2.45, 2.75) is 12.2 Å². The van der Waals surface area contributed by atoms with Gasteiger partial charge in [-0.25, -0.2) is 4.79 Å². The number of aliphatic hydroxyl groups is 2. The number of para-hydroxylation sites is 1. The molecule has 6 heteroatoms. The van der Waals surface area contributed by atoms with E-state index in [-0.39, 0.29) is 11.3 Å². The second-order valence-electron chi connectivity index (χ2n) is 2.99. The summed E-state index contributed by atoms with van der Waals surface area (Å²) < 4.78 is 0. The topological polar surface area (TPSA) is 90.1 Å². The third-order valence-electron chi connectivity index (χ3n) is 1.97. The highest BCUT2D eigenvalue weighted by Gasteiger charge is 2.26. The Labute approximate surface area is 96.7 Å². The number of benzene rings is 1. The van der Waals surface area contributed by atoms with Gasteiger partial charge in [-0.2, -0.15) is 4.99 Å². The number of aliphatic hydroxyl groups excluding tert-OH is 2. The first kappa shape index (κ1) is 12.5. The highest BCUT2D eigenvalue weighted by molar-refractivity contribution is 7.78. The molecule has 1 aromatic carbocycles. The number of aliphatic carboxylic acids is 1. The van der Waals surface area contributed by atoms with Gasteiger partial charge in [0.25, 0.3) is 0 Å². The van der Waals surface area contributed by atoms with Gasteiger partial charge in [0.1, 0.15) is 6.10 Å². The van der Waals surface area contributed by atoms with Gasteiger partial charge in [-0.1, -0.05) is 18.2 Å². The van der Waals surface area contributed by atoms with E-state index >= 15 is 0 Å². The summed E-state index contributed by atoms with van der Waals surface area (Å²) in [5, 5.41) is 29.5. The first-order chi connectivity index (χ1) is 7.57. The summed E-state index contributed by atoms with van der Waals surface area (Å²) >= 11 is 4.42. The maximum atomic E-state index is 10.5. The van der Waals surface area contributed by atoms with Crippen LogP contribution in [0.15, 0.2) is 29.3 Å². The number of aliphatic imine (C=N–C) groups is 1. The number of rotatable bonds is 4. The van der Waals surface area contributed by atoms with Gasteiger partial charge < -0.3 is 15.3 Å². The average molecular weight is 239 g/mol. The summed E-state index contributed by atoms with van der Waals surface area (Å²) in [6.07, 6.45) is -3.46. The normalized spacial score (nSPS) is 13.6. The third kappa shape index (κ3) is 2.71. The number of isothiocyanates is 1. The summed E-state index contributed by atoms with van der Waals surface area (Å²) in [5.41, 5.74) is 0.472. The zero-order valence-electron chi connectivity index (χ0n) is 8.07. The van der Waals surface area contributed by atoms with Crippen molar-refractivity contribution in [3.63, 3.8) is 0 Å². The van der Waals surface area contributed by atoms with Crippen LogP contribution in [0.4, 0.5) is 5.69 Å². The summed E-state index contributed by atoms with van der Waals surface area (Å²) in [5.74, 6) is -1.51. The molecule has 0 aliphatic rings. The molecule has 0 aliphatic heterocycles. The molecular formula is C10H9NO4S. The van der Waals surface area contributed by atoms with Gasteiger partial charge in [0, 0.05) is 5.56 Å². The Kier molecular flexibility index (Phi) is 4.28. The summed E-state index contributed by atoms with van der Waals surface area (Å²) in [6, 6.07) is 6.24. The van der Waals surface area contributed by atoms with Gasteiger partial charge in [-0.15, -0.1) is 0 Å². The molecule has 0 aromatic heterocycles. The van der Waals surface area contributed by atoms with Crippen molar-refractivity contribution < 1.29 is 20.1 Å². The van der Waals surface area contributed by atoms with Gasteiger partial charge >= 0.3 is 5.97 Å². The van der Waals surface area contributed by atoms with Crippen LogP contribution in [0.2, 0.25) is 0 Å². The molecule has 0 spiro atoms. The van der Waals surface area contributed by atoms with Crippen molar-refractivity contribution in [2.24, 2.45) is 4.99 Å². The molecule has 1 rings (SSSR count). The number of carboxylic acids is 1. The molecular weight excluding hydrogens is 230 g/mol. The molecule has 3 N–H and O–H groups in total.